The Hall–Kier alpha value is -4.12. The minimum absolute atomic E-state index is 0.123. The maximum absolute atomic E-state index is 13.5. The van der Waals surface area contributed by atoms with Crippen molar-refractivity contribution in [2.45, 2.75) is 47.0 Å². The number of hydrogen-bond donors (Lipinski definition) is 0. The lowest BCUT2D eigenvalue weighted by molar-refractivity contribution is -0.129. The molecule has 0 unspecified atom stereocenters. The standard InChI is InChI=1S/C33H31N3O2/c1-31(2)24-15-11-10-14-22(24)23-17-16-21(18-25(23)31)27-19-26(20-12-8-7-9-13-20)34-30(35-27)36-28(37)32(3,4)33(5,6)29(36)38/h7-19H,1-6H3. The molecular formula is C33H31N3O2. The summed E-state index contributed by atoms with van der Waals surface area (Å²) >= 11 is 0. The molecule has 0 atom stereocenters. The monoisotopic (exact) mass is 501 g/mol. The fourth-order valence-electron chi connectivity index (χ4n) is 5.67. The third kappa shape index (κ3) is 3.24. The van der Waals surface area contributed by atoms with Gasteiger partial charge < -0.3 is 0 Å². The molecule has 0 spiro atoms. The lowest BCUT2D eigenvalue weighted by Gasteiger charge is -2.28. The Morgan fingerprint density at radius 1 is 0.579 bits per heavy atom. The Morgan fingerprint density at radius 2 is 1.13 bits per heavy atom. The Balaban J connectivity index is 1.54. The number of carbonyl (C=O) groups excluding carboxylic acids is 2. The second-order valence-corrected chi connectivity index (χ2v) is 11.9. The molecule has 38 heavy (non-hydrogen) atoms. The molecule has 0 N–H and O–H groups in total. The molecule has 1 aliphatic heterocycles. The van der Waals surface area contributed by atoms with Gasteiger partial charge in [0.15, 0.2) is 0 Å². The summed E-state index contributed by atoms with van der Waals surface area (Å²) in [5.74, 6) is -0.443. The number of imide groups is 1. The first-order chi connectivity index (χ1) is 17.9. The van der Waals surface area contributed by atoms with Crippen LogP contribution in [-0.4, -0.2) is 21.8 Å². The molecule has 2 heterocycles. The third-order valence-electron chi connectivity index (χ3n) is 8.90. The number of benzene rings is 3. The molecule has 5 heteroatoms. The molecule has 1 saturated heterocycles. The van der Waals surface area contributed by atoms with E-state index in [-0.39, 0.29) is 23.2 Å². The van der Waals surface area contributed by atoms with Gasteiger partial charge >= 0.3 is 0 Å². The molecule has 0 saturated carbocycles. The molecule has 190 valence electrons. The number of fused-ring (bicyclic) bond motifs is 3. The van der Waals surface area contributed by atoms with Gasteiger partial charge in [-0.3, -0.25) is 9.59 Å². The molecule has 1 fully saturated rings. The van der Waals surface area contributed by atoms with Gasteiger partial charge in [-0.05, 0) is 62.1 Å². The van der Waals surface area contributed by atoms with E-state index in [1.807, 2.05) is 64.1 Å². The summed E-state index contributed by atoms with van der Waals surface area (Å²) in [6.07, 6.45) is 0. The lowest BCUT2D eigenvalue weighted by atomic mass is 9.70. The smallest absolute Gasteiger partial charge is 0.242 e. The molecule has 0 radical (unpaired) electrons. The summed E-state index contributed by atoms with van der Waals surface area (Å²) in [6, 6.07) is 26.7. The van der Waals surface area contributed by atoms with Crippen molar-refractivity contribution >= 4 is 17.8 Å². The average Bonchev–Trinajstić information content (AvgIpc) is 3.21. The fourth-order valence-corrected chi connectivity index (χ4v) is 5.67. The van der Waals surface area contributed by atoms with Gasteiger partial charge in [0.05, 0.1) is 22.2 Å². The minimum Gasteiger partial charge on any atom is -0.273 e. The van der Waals surface area contributed by atoms with Gasteiger partial charge in [-0.1, -0.05) is 80.6 Å². The normalized spacial score (nSPS) is 18.4. The van der Waals surface area contributed by atoms with E-state index in [4.69, 9.17) is 9.97 Å². The van der Waals surface area contributed by atoms with Gasteiger partial charge in [0.25, 0.3) is 0 Å². The van der Waals surface area contributed by atoms with Crippen LogP contribution in [0.5, 0.6) is 0 Å². The number of amides is 2. The largest absolute Gasteiger partial charge is 0.273 e. The van der Waals surface area contributed by atoms with Crippen molar-refractivity contribution in [1.29, 1.82) is 0 Å². The lowest BCUT2D eigenvalue weighted by Crippen LogP contribution is -2.35. The molecule has 1 aromatic heterocycles. The van der Waals surface area contributed by atoms with Crippen molar-refractivity contribution in [1.82, 2.24) is 9.97 Å². The summed E-state index contributed by atoms with van der Waals surface area (Å²) in [4.78, 5) is 37.8. The van der Waals surface area contributed by atoms with Gasteiger partial charge in [-0.15, -0.1) is 0 Å². The Morgan fingerprint density at radius 3 is 1.79 bits per heavy atom. The van der Waals surface area contributed by atoms with Crippen LogP contribution in [0.25, 0.3) is 33.6 Å². The summed E-state index contributed by atoms with van der Waals surface area (Å²) < 4.78 is 0. The van der Waals surface area contributed by atoms with E-state index in [0.717, 1.165) is 11.1 Å². The maximum atomic E-state index is 13.5. The van der Waals surface area contributed by atoms with Gasteiger partial charge in [0, 0.05) is 16.5 Å². The first kappa shape index (κ1) is 24.2. The quantitative estimate of drug-likeness (QED) is 0.282. The number of rotatable bonds is 3. The Labute approximate surface area is 223 Å². The molecule has 3 aromatic carbocycles. The van der Waals surface area contributed by atoms with E-state index in [1.165, 1.54) is 27.2 Å². The van der Waals surface area contributed by atoms with Crippen LogP contribution in [0.1, 0.15) is 52.7 Å². The number of aromatic nitrogens is 2. The zero-order chi connectivity index (χ0) is 27.0. The molecule has 5 nitrogen and oxygen atoms in total. The number of anilines is 1. The highest BCUT2D eigenvalue weighted by molar-refractivity contribution is 6.24. The highest BCUT2D eigenvalue weighted by Crippen LogP contribution is 2.50. The summed E-state index contributed by atoms with van der Waals surface area (Å²) in [7, 11) is 0. The third-order valence-corrected chi connectivity index (χ3v) is 8.90. The number of carbonyl (C=O) groups is 2. The highest BCUT2D eigenvalue weighted by atomic mass is 16.2. The zero-order valence-corrected chi connectivity index (χ0v) is 22.7. The van der Waals surface area contributed by atoms with Gasteiger partial charge in [0.2, 0.25) is 17.8 Å². The number of hydrogen-bond acceptors (Lipinski definition) is 4. The first-order valence-corrected chi connectivity index (χ1v) is 13.0. The van der Waals surface area contributed by atoms with Crippen LogP contribution in [0, 0.1) is 10.8 Å². The zero-order valence-electron chi connectivity index (χ0n) is 22.7. The summed E-state index contributed by atoms with van der Waals surface area (Å²) in [6.45, 7) is 11.7. The van der Waals surface area contributed by atoms with E-state index in [9.17, 15) is 9.59 Å². The minimum atomic E-state index is -0.875. The molecular weight excluding hydrogens is 470 g/mol. The predicted octanol–water partition coefficient (Wildman–Crippen LogP) is 7.04. The fraction of sp³-hybridized carbons (Fsp3) is 0.273. The Kier molecular flexibility index (Phi) is 5.06. The molecule has 0 bridgehead atoms. The molecule has 2 aliphatic rings. The SMILES string of the molecule is CC1(C)c2ccccc2-c2ccc(-c3cc(-c4ccccc4)nc(N4C(=O)C(C)(C)C(C)(C)C4=O)n3)cc21. The van der Waals surface area contributed by atoms with Gasteiger partial charge in [0.1, 0.15) is 0 Å². The Bertz CT molecular complexity index is 1610. The van der Waals surface area contributed by atoms with Crippen LogP contribution in [0.4, 0.5) is 5.95 Å². The molecule has 4 aromatic rings. The topological polar surface area (TPSA) is 63.2 Å². The van der Waals surface area contributed by atoms with E-state index in [0.29, 0.717) is 11.4 Å². The van der Waals surface area contributed by atoms with Crippen molar-refractivity contribution in [2.24, 2.45) is 10.8 Å². The van der Waals surface area contributed by atoms with E-state index < -0.39 is 10.8 Å². The van der Waals surface area contributed by atoms with E-state index in [2.05, 4.69) is 56.3 Å². The summed E-state index contributed by atoms with van der Waals surface area (Å²) in [5.41, 5.74) is 6.25. The number of nitrogens with zero attached hydrogens (tertiary/aromatic N) is 3. The maximum Gasteiger partial charge on any atom is 0.242 e. The van der Waals surface area contributed by atoms with Crippen molar-refractivity contribution in [3.05, 3.63) is 90.0 Å². The van der Waals surface area contributed by atoms with Crippen molar-refractivity contribution < 1.29 is 9.59 Å². The second kappa shape index (κ2) is 7.94. The molecule has 1 aliphatic carbocycles. The van der Waals surface area contributed by atoms with E-state index in [1.54, 1.807) is 0 Å². The van der Waals surface area contributed by atoms with Crippen LogP contribution in [0.3, 0.4) is 0 Å². The average molecular weight is 502 g/mol. The van der Waals surface area contributed by atoms with Crippen LogP contribution in [0.15, 0.2) is 78.9 Å². The van der Waals surface area contributed by atoms with Crippen LogP contribution in [-0.2, 0) is 15.0 Å². The molecule has 6 rings (SSSR count). The van der Waals surface area contributed by atoms with Crippen molar-refractivity contribution in [2.75, 3.05) is 4.90 Å². The predicted molar refractivity (Wildman–Crippen MR) is 151 cm³/mol. The van der Waals surface area contributed by atoms with Crippen LogP contribution < -0.4 is 4.90 Å². The van der Waals surface area contributed by atoms with Crippen molar-refractivity contribution in [3.63, 3.8) is 0 Å². The first-order valence-electron chi connectivity index (χ1n) is 13.0. The molecule has 2 amide bonds. The van der Waals surface area contributed by atoms with Crippen LogP contribution in [0.2, 0.25) is 0 Å². The van der Waals surface area contributed by atoms with E-state index >= 15 is 0 Å². The highest BCUT2D eigenvalue weighted by Gasteiger charge is 2.60. The van der Waals surface area contributed by atoms with Gasteiger partial charge in [-0.25, -0.2) is 14.9 Å². The van der Waals surface area contributed by atoms with Crippen LogP contribution >= 0.6 is 0 Å². The van der Waals surface area contributed by atoms with Gasteiger partial charge in [-0.2, -0.15) is 0 Å². The second-order valence-electron chi connectivity index (χ2n) is 11.9. The van der Waals surface area contributed by atoms with Crippen molar-refractivity contribution in [3.8, 4) is 33.6 Å². The summed E-state index contributed by atoms with van der Waals surface area (Å²) in [5, 5.41) is 0.